The number of piperidine rings is 1. The summed E-state index contributed by atoms with van der Waals surface area (Å²) in [5, 5.41) is 6.00. The van der Waals surface area contributed by atoms with Gasteiger partial charge in [-0.1, -0.05) is 20.3 Å². The van der Waals surface area contributed by atoms with Gasteiger partial charge in [0, 0.05) is 11.3 Å². The van der Waals surface area contributed by atoms with Crippen molar-refractivity contribution in [1.82, 2.24) is 15.2 Å². The van der Waals surface area contributed by atoms with Crippen LogP contribution in [-0.2, 0) is 6.54 Å². The number of furan rings is 1. The van der Waals surface area contributed by atoms with E-state index in [1.165, 1.54) is 19.3 Å². The maximum atomic E-state index is 12.3. The number of rotatable bonds is 6. The molecule has 2 aromatic heterocycles. The second-order valence-electron chi connectivity index (χ2n) is 6.99. The first kappa shape index (κ1) is 18.1. The summed E-state index contributed by atoms with van der Waals surface area (Å²) < 4.78 is 5.82. The summed E-state index contributed by atoms with van der Waals surface area (Å²) in [6, 6.07) is 3.91. The van der Waals surface area contributed by atoms with E-state index in [0.717, 1.165) is 29.6 Å². The maximum Gasteiger partial charge on any atom is 0.287 e. The Balaban J connectivity index is 1.56. The lowest BCUT2D eigenvalue weighted by Crippen LogP contribution is -2.32. The molecule has 0 bridgehead atoms. The van der Waals surface area contributed by atoms with Crippen LogP contribution in [0.1, 0.15) is 79.0 Å². The monoisotopic (exact) mass is 361 g/mol. The van der Waals surface area contributed by atoms with E-state index in [4.69, 9.17) is 4.42 Å². The third-order valence-electron chi connectivity index (χ3n) is 4.69. The lowest BCUT2D eigenvalue weighted by Gasteiger charge is -2.31. The molecule has 0 unspecified atom stereocenters. The lowest BCUT2D eigenvalue weighted by molar-refractivity contribution is 0.0913. The summed E-state index contributed by atoms with van der Waals surface area (Å²) in [6.07, 6.45) is 3.79. The third kappa shape index (κ3) is 4.50. The number of aromatic nitrogens is 1. The predicted octanol–water partition coefficient (Wildman–Crippen LogP) is 4.34. The van der Waals surface area contributed by atoms with E-state index >= 15 is 0 Å². The van der Waals surface area contributed by atoms with Gasteiger partial charge in [-0.05, 0) is 45.0 Å². The average molecular weight is 362 g/mol. The summed E-state index contributed by atoms with van der Waals surface area (Å²) in [5.41, 5.74) is 0.899. The van der Waals surface area contributed by atoms with Gasteiger partial charge in [-0.25, -0.2) is 4.98 Å². The molecular weight excluding hydrogens is 334 g/mol. The normalized spacial score (nSPS) is 17.0. The fraction of sp³-hybridized carbons (Fsp3) is 0.579. The number of nitrogens with one attached hydrogen (secondary N) is 1. The number of carbonyl (C=O) groups excluding carboxylic acids is 1. The topological polar surface area (TPSA) is 58.4 Å². The van der Waals surface area contributed by atoms with Gasteiger partial charge in [-0.3, -0.25) is 9.69 Å². The Morgan fingerprint density at radius 2 is 2.04 bits per heavy atom. The van der Waals surface area contributed by atoms with Crippen molar-refractivity contribution in [1.29, 1.82) is 0 Å². The summed E-state index contributed by atoms with van der Waals surface area (Å²) in [5.74, 6) is 1.47. The molecule has 1 saturated heterocycles. The van der Waals surface area contributed by atoms with E-state index in [9.17, 15) is 4.79 Å². The van der Waals surface area contributed by atoms with Crippen LogP contribution in [-0.4, -0.2) is 28.9 Å². The van der Waals surface area contributed by atoms with Gasteiger partial charge >= 0.3 is 0 Å². The predicted molar refractivity (Wildman–Crippen MR) is 99.9 cm³/mol. The molecule has 0 spiro atoms. The van der Waals surface area contributed by atoms with Crippen LogP contribution >= 0.6 is 11.3 Å². The molecule has 1 N–H and O–H groups in total. The van der Waals surface area contributed by atoms with E-state index in [1.807, 2.05) is 11.4 Å². The molecule has 3 rings (SSSR count). The molecule has 1 amide bonds. The summed E-state index contributed by atoms with van der Waals surface area (Å²) in [4.78, 5) is 19.3. The van der Waals surface area contributed by atoms with Crippen LogP contribution in [0.5, 0.6) is 0 Å². The summed E-state index contributed by atoms with van der Waals surface area (Å²) in [7, 11) is 0. The van der Waals surface area contributed by atoms with Crippen molar-refractivity contribution >= 4 is 17.2 Å². The quantitative estimate of drug-likeness (QED) is 0.832. The Morgan fingerprint density at radius 3 is 2.72 bits per heavy atom. The molecule has 1 fully saturated rings. The Morgan fingerprint density at radius 1 is 1.28 bits per heavy atom. The number of carbonyl (C=O) groups is 1. The zero-order valence-electron chi connectivity index (χ0n) is 15.2. The van der Waals surface area contributed by atoms with Crippen LogP contribution in [0.2, 0.25) is 0 Å². The van der Waals surface area contributed by atoms with Crippen LogP contribution in [0.4, 0.5) is 0 Å². The van der Waals surface area contributed by atoms with Crippen molar-refractivity contribution in [3.8, 4) is 0 Å². The van der Waals surface area contributed by atoms with Crippen molar-refractivity contribution in [3.05, 3.63) is 39.7 Å². The highest BCUT2D eigenvalue weighted by molar-refractivity contribution is 7.09. The van der Waals surface area contributed by atoms with E-state index in [0.29, 0.717) is 18.2 Å². The third-order valence-corrected chi connectivity index (χ3v) is 5.89. The second-order valence-corrected chi connectivity index (χ2v) is 7.88. The Hall–Kier alpha value is -1.66. The minimum Gasteiger partial charge on any atom is -0.454 e. The molecule has 0 aliphatic carbocycles. The molecule has 0 saturated carbocycles. The number of likely N-dealkylation sites (tertiary alicyclic amines) is 1. The van der Waals surface area contributed by atoms with Crippen LogP contribution in [0.3, 0.4) is 0 Å². The van der Waals surface area contributed by atoms with Crippen LogP contribution in [0.15, 0.2) is 21.9 Å². The Bertz CT molecular complexity index is 701. The first-order valence-corrected chi connectivity index (χ1v) is 9.99. The standard InChI is InChI=1S/C19H27N3O2S/c1-13(2)19-21-15(12-25-19)11-20-18(23)17-8-7-16(24-17)14(3)22-9-5-4-6-10-22/h7-8,12-14H,4-6,9-11H2,1-3H3,(H,20,23)/t14-/m0/s1. The fourth-order valence-corrected chi connectivity index (χ4v) is 3.95. The minimum absolute atomic E-state index is 0.184. The van der Waals surface area contributed by atoms with Crippen molar-refractivity contribution in [2.24, 2.45) is 0 Å². The van der Waals surface area contributed by atoms with Gasteiger partial charge in [-0.15, -0.1) is 11.3 Å². The molecule has 1 atom stereocenters. The largest absolute Gasteiger partial charge is 0.454 e. The van der Waals surface area contributed by atoms with Gasteiger partial charge in [0.25, 0.3) is 5.91 Å². The zero-order valence-corrected chi connectivity index (χ0v) is 16.1. The van der Waals surface area contributed by atoms with Crippen LogP contribution < -0.4 is 5.32 Å². The number of thiazole rings is 1. The highest BCUT2D eigenvalue weighted by atomic mass is 32.1. The molecule has 2 aromatic rings. The van der Waals surface area contributed by atoms with Crippen LogP contribution in [0, 0.1) is 0 Å². The summed E-state index contributed by atoms with van der Waals surface area (Å²) in [6.45, 7) is 9.02. The number of hydrogen-bond donors (Lipinski definition) is 1. The van der Waals surface area contributed by atoms with E-state index in [1.54, 1.807) is 17.4 Å². The van der Waals surface area contributed by atoms with Gasteiger partial charge in [0.2, 0.25) is 0 Å². The smallest absolute Gasteiger partial charge is 0.287 e. The average Bonchev–Trinajstić information content (AvgIpc) is 3.29. The molecule has 3 heterocycles. The molecule has 1 aliphatic rings. The molecule has 136 valence electrons. The lowest BCUT2D eigenvalue weighted by atomic mass is 10.1. The molecule has 0 aromatic carbocycles. The van der Waals surface area contributed by atoms with Gasteiger partial charge in [0.05, 0.1) is 23.3 Å². The highest BCUT2D eigenvalue weighted by Gasteiger charge is 2.22. The molecule has 5 nitrogen and oxygen atoms in total. The molecule has 1 aliphatic heterocycles. The van der Waals surface area contributed by atoms with E-state index in [2.05, 4.69) is 36.0 Å². The molecule has 0 radical (unpaired) electrons. The number of nitrogens with zero attached hydrogens (tertiary/aromatic N) is 2. The van der Waals surface area contributed by atoms with Crippen molar-refractivity contribution < 1.29 is 9.21 Å². The number of hydrogen-bond acceptors (Lipinski definition) is 5. The first-order chi connectivity index (χ1) is 12.0. The van der Waals surface area contributed by atoms with Gasteiger partial charge in [0.15, 0.2) is 5.76 Å². The minimum atomic E-state index is -0.184. The Labute approximate surface area is 153 Å². The van der Waals surface area contributed by atoms with E-state index in [-0.39, 0.29) is 11.9 Å². The van der Waals surface area contributed by atoms with Crippen LogP contribution in [0.25, 0.3) is 0 Å². The van der Waals surface area contributed by atoms with Gasteiger partial charge in [0.1, 0.15) is 5.76 Å². The van der Waals surface area contributed by atoms with Gasteiger partial charge < -0.3 is 9.73 Å². The number of amides is 1. The van der Waals surface area contributed by atoms with E-state index < -0.39 is 0 Å². The molecular formula is C19H27N3O2S. The van der Waals surface area contributed by atoms with Crippen molar-refractivity contribution in [3.63, 3.8) is 0 Å². The second kappa shape index (κ2) is 8.15. The van der Waals surface area contributed by atoms with Gasteiger partial charge in [-0.2, -0.15) is 0 Å². The molecule has 6 heteroatoms. The molecule has 25 heavy (non-hydrogen) atoms. The SMILES string of the molecule is CC(C)c1nc(CNC(=O)c2ccc([C@H](C)N3CCCCC3)o2)cs1. The first-order valence-electron chi connectivity index (χ1n) is 9.11. The fourth-order valence-electron chi connectivity index (χ4n) is 3.11. The van der Waals surface area contributed by atoms with Crippen molar-refractivity contribution in [2.75, 3.05) is 13.1 Å². The maximum absolute atomic E-state index is 12.3. The highest BCUT2D eigenvalue weighted by Crippen LogP contribution is 2.25. The Kier molecular flexibility index (Phi) is 5.91. The summed E-state index contributed by atoms with van der Waals surface area (Å²) >= 11 is 1.64. The van der Waals surface area contributed by atoms with Crippen molar-refractivity contribution in [2.45, 2.75) is 58.5 Å². The zero-order chi connectivity index (χ0) is 17.8.